The molecule has 7 heteroatoms. The van der Waals surface area contributed by atoms with Gasteiger partial charge in [0.25, 0.3) is 5.91 Å². The van der Waals surface area contributed by atoms with Crippen molar-refractivity contribution in [1.29, 1.82) is 0 Å². The summed E-state index contributed by atoms with van der Waals surface area (Å²) in [4.78, 5) is 37.4. The fourth-order valence-electron chi connectivity index (χ4n) is 3.17. The molecule has 0 bridgehead atoms. The third-order valence-electron chi connectivity index (χ3n) is 4.57. The van der Waals surface area contributed by atoms with Crippen LogP contribution in [0.2, 0.25) is 0 Å². The molecule has 2 fully saturated rings. The highest BCUT2D eigenvalue weighted by Gasteiger charge is 2.48. The van der Waals surface area contributed by atoms with E-state index in [0.717, 1.165) is 11.3 Å². The highest BCUT2D eigenvalue weighted by atomic mass is 16.5. The van der Waals surface area contributed by atoms with Gasteiger partial charge in [-0.3, -0.25) is 14.9 Å². The first kappa shape index (κ1) is 16.3. The summed E-state index contributed by atoms with van der Waals surface area (Å²) in [7, 11) is 0. The second-order valence-corrected chi connectivity index (χ2v) is 6.12. The molecule has 1 spiro atoms. The Bertz CT molecular complexity index is 648. The summed E-state index contributed by atoms with van der Waals surface area (Å²) in [6.07, 6.45) is 1.21. The van der Waals surface area contributed by atoms with Crippen molar-refractivity contribution in [3.8, 4) is 5.75 Å². The lowest BCUT2D eigenvalue weighted by atomic mass is 9.87. The maximum atomic E-state index is 12.4. The molecule has 1 aromatic carbocycles. The van der Waals surface area contributed by atoms with Gasteiger partial charge < -0.3 is 15.0 Å². The number of urea groups is 1. The second kappa shape index (κ2) is 6.51. The summed E-state index contributed by atoms with van der Waals surface area (Å²) in [5.74, 6) is 0.529. The van der Waals surface area contributed by atoms with Crippen molar-refractivity contribution in [1.82, 2.24) is 15.5 Å². The first-order valence-electron chi connectivity index (χ1n) is 8.15. The summed E-state index contributed by atoms with van der Waals surface area (Å²) in [6.45, 7) is 3.46. The Balaban J connectivity index is 1.55. The van der Waals surface area contributed by atoms with Gasteiger partial charge >= 0.3 is 6.03 Å². The third kappa shape index (κ3) is 3.20. The molecule has 2 N–H and O–H groups in total. The standard InChI is InChI=1S/C17H21N3O4/c1-2-24-13-5-3-12(4-6-13)11-14(21)20-9-7-17(8-10-20)15(22)18-16(23)19-17/h3-6H,2,7-11H2,1H3,(H2,18,19,22,23). The molecule has 128 valence electrons. The Morgan fingerprint density at radius 3 is 2.42 bits per heavy atom. The van der Waals surface area contributed by atoms with Crippen LogP contribution in [0.1, 0.15) is 25.3 Å². The Hall–Kier alpha value is -2.57. The Kier molecular flexibility index (Phi) is 4.42. The van der Waals surface area contributed by atoms with Crippen molar-refractivity contribution in [2.45, 2.75) is 31.7 Å². The van der Waals surface area contributed by atoms with Gasteiger partial charge in [0.2, 0.25) is 5.91 Å². The van der Waals surface area contributed by atoms with Crippen LogP contribution >= 0.6 is 0 Å². The number of nitrogens with zero attached hydrogens (tertiary/aromatic N) is 1. The number of hydrogen-bond acceptors (Lipinski definition) is 4. The monoisotopic (exact) mass is 331 g/mol. The molecule has 2 aliphatic rings. The maximum Gasteiger partial charge on any atom is 0.322 e. The summed E-state index contributed by atoms with van der Waals surface area (Å²) in [5.41, 5.74) is 0.0863. The topological polar surface area (TPSA) is 87.7 Å². The lowest BCUT2D eigenvalue weighted by molar-refractivity contribution is -0.135. The van der Waals surface area contributed by atoms with Gasteiger partial charge in [0.05, 0.1) is 13.0 Å². The van der Waals surface area contributed by atoms with Crippen LogP contribution in [0.3, 0.4) is 0 Å². The van der Waals surface area contributed by atoms with Crippen molar-refractivity contribution in [3.05, 3.63) is 29.8 Å². The number of carbonyl (C=O) groups is 3. The molecule has 1 aromatic rings. The van der Waals surface area contributed by atoms with E-state index < -0.39 is 11.6 Å². The first-order valence-corrected chi connectivity index (χ1v) is 8.15. The van der Waals surface area contributed by atoms with Gasteiger partial charge in [0.1, 0.15) is 11.3 Å². The number of imide groups is 1. The third-order valence-corrected chi connectivity index (χ3v) is 4.57. The highest BCUT2D eigenvalue weighted by Crippen LogP contribution is 2.26. The summed E-state index contributed by atoms with van der Waals surface area (Å²) in [6, 6.07) is 7.04. The molecule has 2 saturated heterocycles. The highest BCUT2D eigenvalue weighted by molar-refractivity contribution is 6.07. The average molecular weight is 331 g/mol. The Morgan fingerprint density at radius 2 is 1.88 bits per heavy atom. The van der Waals surface area contributed by atoms with E-state index >= 15 is 0 Å². The molecule has 4 amide bonds. The van der Waals surface area contributed by atoms with E-state index in [1.54, 1.807) is 4.90 Å². The van der Waals surface area contributed by atoms with Gasteiger partial charge in [-0.2, -0.15) is 0 Å². The second-order valence-electron chi connectivity index (χ2n) is 6.12. The molecule has 0 atom stereocenters. The van der Waals surface area contributed by atoms with Crippen molar-refractivity contribution >= 4 is 17.8 Å². The predicted octanol–water partition coefficient (Wildman–Crippen LogP) is 0.828. The molecule has 2 aliphatic heterocycles. The van der Waals surface area contributed by atoms with Crippen molar-refractivity contribution in [3.63, 3.8) is 0 Å². The van der Waals surface area contributed by atoms with Crippen molar-refractivity contribution in [2.24, 2.45) is 0 Å². The van der Waals surface area contributed by atoms with Gasteiger partial charge in [0, 0.05) is 13.1 Å². The number of likely N-dealkylation sites (tertiary alicyclic amines) is 1. The zero-order valence-corrected chi connectivity index (χ0v) is 13.6. The number of amides is 4. The van der Waals surface area contributed by atoms with E-state index in [-0.39, 0.29) is 11.8 Å². The number of rotatable bonds is 4. The van der Waals surface area contributed by atoms with Gasteiger partial charge in [-0.05, 0) is 37.5 Å². The average Bonchev–Trinajstić information content (AvgIpc) is 2.83. The van der Waals surface area contributed by atoms with Crippen LogP contribution in [-0.2, 0) is 16.0 Å². The SMILES string of the molecule is CCOc1ccc(CC(=O)N2CCC3(CC2)NC(=O)NC3=O)cc1. The van der Waals surface area contributed by atoms with Crippen molar-refractivity contribution in [2.75, 3.05) is 19.7 Å². The van der Waals surface area contributed by atoms with Crippen LogP contribution < -0.4 is 15.4 Å². The Labute approximate surface area is 140 Å². The number of carbonyl (C=O) groups excluding carboxylic acids is 3. The molecule has 0 radical (unpaired) electrons. The van der Waals surface area contributed by atoms with Crippen LogP contribution in [0.15, 0.2) is 24.3 Å². The summed E-state index contributed by atoms with van der Waals surface area (Å²) in [5, 5.41) is 4.97. The lowest BCUT2D eigenvalue weighted by Crippen LogP contribution is -2.55. The molecule has 0 saturated carbocycles. The largest absolute Gasteiger partial charge is 0.494 e. The van der Waals surface area contributed by atoms with E-state index in [1.165, 1.54) is 0 Å². The van der Waals surface area contributed by atoms with Crippen LogP contribution in [0, 0.1) is 0 Å². The quantitative estimate of drug-likeness (QED) is 0.800. The maximum absolute atomic E-state index is 12.4. The number of hydrogen-bond donors (Lipinski definition) is 2. The number of ether oxygens (including phenoxy) is 1. The fourth-order valence-corrected chi connectivity index (χ4v) is 3.17. The Morgan fingerprint density at radius 1 is 1.21 bits per heavy atom. The van der Waals surface area contributed by atoms with Gasteiger partial charge in [-0.15, -0.1) is 0 Å². The van der Waals surface area contributed by atoms with E-state index in [4.69, 9.17) is 4.74 Å². The van der Waals surface area contributed by atoms with Crippen LogP contribution in [0.4, 0.5) is 4.79 Å². The molecule has 2 heterocycles. The summed E-state index contributed by atoms with van der Waals surface area (Å²) >= 11 is 0. The minimum atomic E-state index is -0.840. The number of nitrogens with one attached hydrogen (secondary N) is 2. The molecular weight excluding hydrogens is 310 g/mol. The van der Waals surface area contributed by atoms with Gasteiger partial charge in [0.15, 0.2) is 0 Å². The first-order chi connectivity index (χ1) is 11.5. The zero-order chi connectivity index (χ0) is 17.2. The normalized spacial score (nSPS) is 19.1. The number of piperidine rings is 1. The van der Waals surface area contributed by atoms with E-state index in [2.05, 4.69) is 10.6 Å². The molecule has 0 aliphatic carbocycles. The van der Waals surface area contributed by atoms with E-state index in [1.807, 2.05) is 31.2 Å². The van der Waals surface area contributed by atoms with Gasteiger partial charge in [-0.25, -0.2) is 4.79 Å². The predicted molar refractivity (Wildman–Crippen MR) is 86.5 cm³/mol. The fraction of sp³-hybridized carbons (Fsp3) is 0.471. The van der Waals surface area contributed by atoms with Crippen LogP contribution in [0.25, 0.3) is 0 Å². The molecule has 7 nitrogen and oxygen atoms in total. The summed E-state index contributed by atoms with van der Waals surface area (Å²) < 4.78 is 5.39. The van der Waals surface area contributed by atoms with E-state index in [0.29, 0.717) is 39.0 Å². The molecule has 0 aromatic heterocycles. The van der Waals surface area contributed by atoms with E-state index in [9.17, 15) is 14.4 Å². The minimum absolute atomic E-state index is 0.0266. The minimum Gasteiger partial charge on any atom is -0.494 e. The van der Waals surface area contributed by atoms with Crippen LogP contribution in [-0.4, -0.2) is 48.0 Å². The molecule has 24 heavy (non-hydrogen) atoms. The molecule has 0 unspecified atom stereocenters. The molecular formula is C17H21N3O4. The zero-order valence-electron chi connectivity index (χ0n) is 13.6. The lowest BCUT2D eigenvalue weighted by Gasteiger charge is -2.37. The van der Waals surface area contributed by atoms with Gasteiger partial charge in [-0.1, -0.05) is 12.1 Å². The van der Waals surface area contributed by atoms with Crippen LogP contribution in [0.5, 0.6) is 5.75 Å². The molecule has 3 rings (SSSR count). The number of benzene rings is 1. The van der Waals surface area contributed by atoms with Crippen molar-refractivity contribution < 1.29 is 19.1 Å². The smallest absolute Gasteiger partial charge is 0.322 e.